The Labute approximate surface area is 152 Å². The number of benzene rings is 2. The second kappa shape index (κ2) is 7.63. The topological polar surface area (TPSA) is 86.7 Å². The van der Waals surface area contributed by atoms with Crippen LogP contribution in [0.5, 0.6) is 5.75 Å². The number of para-hydroxylation sites is 1. The number of terminal acetylenes is 1. The van der Waals surface area contributed by atoms with Gasteiger partial charge in [0.2, 0.25) is 0 Å². The number of amides is 1. The molecule has 130 valence electrons. The van der Waals surface area contributed by atoms with Gasteiger partial charge < -0.3 is 9.30 Å². The zero-order valence-electron chi connectivity index (χ0n) is 13.5. The molecule has 1 amide bonds. The molecule has 0 saturated carbocycles. The summed E-state index contributed by atoms with van der Waals surface area (Å²) in [6, 6.07) is 13.4. The molecule has 0 spiro atoms. The number of fused-ring (bicyclic) bond motifs is 1. The molecular weight excluding hydrogens is 354 g/mol. The minimum atomic E-state index is -0.472. The van der Waals surface area contributed by atoms with Crippen LogP contribution in [0.2, 0.25) is 0 Å². The molecule has 8 heteroatoms. The summed E-state index contributed by atoms with van der Waals surface area (Å²) in [4.78, 5) is 27.0. The molecule has 0 atom stereocenters. The molecule has 0 aliphatic carbocycles. The highest BCUT2D eigenvalue weighted by Crippen LogP contribution is 2.23. The van der Waals surface area contributed by atoms with Gasteiger partial charge in [-0.3, -0.25) is 14.9 Å². The van der Waals surface area contributed by atoms with Gasteiger partial charge in [0, 0.05) is 12.1 Å². The summed E-state index contributed by atoms with van der Waals surface area (Å²) in [5.74, 6) is 2.60. The molecule has 1 heterocycles. The van der Waals surface area contributed by atoms with Gasteiger partial charge in [-0.05, 0) is 18.2 Å². The van der Waals surface area contributed by atoms with Gasteiger partial charge in [-0.1, -0.05) is 35.5 Å². The Kier molecular flexibility index (Phi) is 5.10. The number of carbonyl (C=O) groups is 1. The van der Waals surface area contributed by atoms with E-state index in [1.54, 1.807) is 34.9 Å². The maximum Gasteiger partial charge on any atom is 0.286 e. The number of hydrogen-bond donors (Lipinski definition) is 0. The van der Waals surface area contributed by atoms with E-state index >= 15 is 0 Å². The first-order chi connectivity index (χ1) is 12.6. The second-order valence-electron chi connectivity index (χ2n) is 5.19. The Morgan fingerprint density at radius 3 is 2.77 bits per heavy atom. The molecule has 0 unspecified atom stereocenters. The molecule has 0 radical (unpaired) electrons. The lowest BCUT2D eigenvalue weighted by Gasteiger charge is -2.02. The van der Waals surface area contributed by atoms with E-state index in [4.69, 9.17) is 11.2 Å². The first-order valence-electron chi connectivity index (χ1n) is 7.55. The van der Waals surface area contributed by atoms with Crippen LogP contribution in [0.15, 0.2) is 53.5 Å². The number of aromatic nitrogens is 1. The third kappa shape index (κ3) is 3.79. The lowest BCUT2D eigenvalue weighted by Crippen LogP contribution is -2.19. The number of nitrogens with zero attached hydrogens (tertiary/aromatic N) is 3. The van der Waals surface area contributed by atoms with Crippen molar-refractivity contribution in [3.8, 4) is 18.1 Å². The van der Waals surface area contributed by atoms with Crippen LogP contribution >= 0.6 is 11.3 Å². The molecule has 0 aliphatic rings. The standard InChI is InChI=1S/C18H13N3O4S/c1-2-10-20-15-9-8-13(21(23)24)11-16(15)26-18(20)19-17(22)12-25-14-6-4-3-5-7-14/h1,3-9,11H,10,12H2. The minimum Gasteiger partial charge on any atom is -0.484 e. The monoisotopic (exact) mass is 367 g/mol. The Bertz CT molecular complexity index is 1080. The first-order valence-corrected chi connectivity index (χ1v) is 8.37. The molecule has 0 fully saturated rings. The molecule has 26 heavy (non-hydrogen) atoms. The fraction of sp³-hybridized carbons (Fsp3) is 0.111. The minimum absolute atomic E-state index is 0.0307. The summed E-state index contributed by atoms with van der Waals surface area (Å²) >= 11 is 1.17. The smallest absolute Gasteiger partial charge is 0.286 e. The van der Waals surface area contributed by atoms with E-state index in [1.165, 1.54) is 23.5 Å². The average molecular weight is 367 g/mol. The molecule has 3 rings (SSSR count). The molecule has 2 aromatic carbocycles. The van der Waals surface area contributed by atoms with Gasteiger partial charge in [0.05, 0.1) is 21.7 Å². The third-order valence-electron chi connectivity index (χ3n) is 3.45. The van der Waals surface area contributed by atoms with E-state index in [-0.39, 0.29) is 18.8 Å². The highest BCUT2D eigenvalue weighted by Gasteiger charge is 2.12. The lowest BCUT2D eigenvalue weighted by molar-refractivity contribution is -0.384. The summed E-state index contributed by atoms with van der Waals surface area (Å²) in [7, 11) is 0. The van der Waals surface area contributed by atoms with Crippen molar-refractivity contribution < 1.29 is 14.5 Å². The number of ether oxygens (including phenoxy) is 1. The largest absolute Gasteiger partial charge is 0.484 e. The Balaban J connectivity index is 1.93. The number of nitro groups is 1. The van der Waals surface area contributed by atoms with Gasteiger partial charge in [-0.2, -0.15) is 4.99 Å². The Hall–Kier alpha value is -3.44. The summed E-state index contributed by atoms with van der Waals surface area (Å²) in [5.41, 5.74) is 0.658. The maximum atomic E-state index is 12.1. The summed E-state index contributed by atoms with van der Waals surface area (Å²) in [5, 5.41) is 10.9. The van der Waals surface area contributed by atoms with Gasteiger partial charge >= 0.3 is 0 Å². The number of thiazole rings is 1. The predicted molar refractivity (Wildman–Crippen MR) is 97.8 cm³/mol. The van der Waals surface area contributed by atoms with Crippen molar-refractivity contribution in [1.29, 1.82) is 0 Å². The van der Waals surface area contributed by atoms with Crippen LogP contribution in [-0.4, -0.2) is 22.0 Å². The molecule has 1 aromatic heterocycles. The fourth-order valence-electron chi connectivity index (χ4n) is 2.31. The van der Waals surface area contributed by atoms with Crippen molar-refractivity contribution in [1.82, 2.24) is 4.57 Å². The molecule has 0 saturated heterocycles. The molecular formula is C18H13N3O4S. The van der Waals surface area contributed by atoms with Crippen molar-refractivity contribution in [3.63, 3.8) is 0 Å². The highest BCUT2D eigenvalue weighted by atomic mass is 32.1. The number of carbonyl (C=O) groups excluding carboxylic acids is 1. The van der Waals surface area contributed by atoms with Crippen LogP contribution in [-0.2, 0) is 11.3 Å². The van der Waals surface area contributed by atoms with Crippen LogP contribution in [0.3, 0.4) is 0 Å². The quantitative estimate of drug-likeness (QED) is 0.394. The molecule has 3 aromatic rings. The van der Waals surface area contributed by atoms with Gasteiger partial charge in [-0.25, -0.2) is 0 Å². The van der Waals surface area contributed by atoms with Crippen molar-refractivity contribution in [2.45, 2.75) is 6.54 Å². The predicted octanol–water partition coefficient (Wildman–Crippen LogP) is 2.75. The van der Waals surface area contributed by atoms with Gasteiger partial charge in [-0.15, -0.1) is 6.42 Å². The van der Waals surface area contributed by atoms with E-state index in [9.17, 15) is 14.9 Å². The zero-order chi connectivity index (χ0) is 18.5. The van der Waals surface area contributed by atoms with Crippen molar-refractivity contribution in [3.05, 3.63) is 63.4 Å². The van der Waals surface area contributed by atoms with Gasteiger partial charge in [0.15, 0.2) is 11.4 Å². The number of non-ortho nitro benzene ring substituents is 1. The van der Waals surface area contributed by atoms with Crippen LogP contribution < -0.4 is 9.54 Å². The van der Waals surface area contributed by atoms with E-state index in [1.807, 2.05) is 6.07 Å². The van der Waals surface area contributed by atoms with Gasteiger partial charge in [0.1, 0.15) is 5.75 Å². The number of nitro benzene ring substituents is 1. The Morgan fingerprint density at radius 2 is 2.08 bits per heavy atom. The van der Waals surface area contributed by atoms with Crippen LogP contribution in [0.25, 0.3) is 10.2 Å². The highest BCUT2D eigenvalue weighted by molar-refractivity contribution is 7.16. The van der Waals surface area contributed by atoms with Crippen molar-refractivity contribution in [2.75, 3.05) is 6.61 Å². The van der Waals surface area contributed by atoms with Crippen molar-refractivity contribution in [2.24, 2.45) is 4.99 Å². The number of hydrogen-bond acceptors (Lipinski definition) is 5. The molecule has 0 aliphatic heterocycles. The second-order valence-corrected chi connectivity index (χ2v) is 6.20. The summed E-state index contributed by atoms with van der Waals surface area (Å²) in [6.07, 6.45) is 5.40. The average Bonchev–Trinajstić information content (AvgIpc) is 2.97. The fourth-order valence-corrected chi connectivity index (χ4v) is 3.39. The number of rotatable bonds is 5. The summed E-state index contributed by atoms with van der Waals surface area (Å²) in [6.45, 7) is -0.0159. The molecule has 0 N–H and O–H groups in total. The van der Waals surface area contributed by atoms with E-state index in [2.05, 4.69) is 10.9 Å². The molecule has 7 nitrogen and oxygen atoms in total. The summed E-state index contributed by atoms with van der Waals surface area (Å²) < 4.78 is 7.69. The van der Waals surface area contributed by atoms with E-state index in [0.29, 0.717) is 20.8 Å². The van der Waals surface area contributed by atoms with Crippen LogP contribution in [0.1, 0.15) is 0 Å². The van der Waals surface area contributed by atoms with Gasteiger partial charge in [0.25, 0.3) is 11.6 Å². The Morgan fingerprint density at radius 1 is 1.31 bits per heavy atom. The zero-order valence-corrected chi connectivity index (χ0v) is 14.3. The first kappa shape index (κ1) is 17.4. The molecule has 0 bridgehead atoms. The SMILES string of the molecule is C#CCn1c(=NC(=O)COc2ccccc2)sc2cc([N+](=O)[O-])ccc21. The van der Waals surface area contributed by atoms with Crippen LogP contribution in [0.4, 0.5) is 5.69 Å². The normalized spacial score (nSPS) is 11.3. The van der Waals surface area contributed by atoms with E-state index < -0.39 is 10.8 Å². The lowest BCUT2D eigenvalue weighted by atomic mass is 10.3. The third-order valence-corrected chi connectivity index (χ3v) is 4.49. The maximum absolute atomic E-state index is 12.1. The van der Waals surface area contributed by atoms with E-state index in [0.717, 1.165) is 0 Å². The van der Waals surface area contributed by atoms with Crippen molar-refractivity contribution >= 4 is 33.1 Å². The van der Waals surface area contributed by atoms with Crippen LogP contribution in [0, 0.1) is 22.5 Å².